The molecule has 4 nitrogen and oxygen atoms in total. The summed E-state index contributed by atoms with van der Waals surface area (Å²) in [7, 11) is 1.58. The largest absolute Gasteiger partial charge is 0.497 e. The van der Waals surface area contributed by atoms with E-state index in [9.17, 15) is 4.79 Å². The van der Waals surface area contributed by atoms with Gasteiger partial charge in [0.2, 0.25) is 0 Å². The lowest BCUT2D eigenvalue weighted by Gasteiger charge is -2.12. The molecule has 136 valence electrons. The number of benzene rings is 3. The summed E-state index contributed by atoms with van der Waals surface area (Å²) in [5.74, 6) is 1.06. The van der Waals surface area contributed by atoms with Crippen LogP contribution in [0.3, 0.4) is 0 Å². The molecule has 0 bridgehead atoms. The second-order valence-corrected chi connectivity index (χ2v) is 6.39. The monoisotopic (exact) mass is 360 g/mol. The first kappa shape index (κ1) is 17.3. The van der Waals surface area contributed by atoms with Gasteiger partial charge in [0, 0.05) is 0 Å². The van der Waals surface area contributed by atoms with E-state index in [0.29, 0.717) is 23.7 Å². The number of ketones is 1. The number of carbonyl (C=O) groups excluding carboxylic acids is 1. The number of Topliss-reactive ketones (excluding diaryl/α,β-unsaturated/α-hetero) is 1. The first-order valence-corrected chi connectivity index (χ1v) is 8.85. The van der Waals surface area contributed by atoms with E-state index in [4.69, 9.17) is 14.2 Å². The third-order valence-electron chi connectivity index (χ3n) is 4.57. The minimum absolute atomic E-state index is 0.0918. The minimum atomic E-state index is -0.487. The minimum Gasteiger partial charge on any atom is -0.497 e. The van der Waals surface area contributed by atoms with Crippen molar-refractivity contribution in [2.75, 3.05) is 7.11 Å². The van der Waals surface area contributed by atoms with Crippen molar-refractivity contribution in [1.29, 1.82) is 0 Å². The van der Waals surface area contributed by atoms with Gasteiger partial charge >= 0.3 is 0 Å². The molecular formula is C23H20O4. The average molecular weight is 360 g/mol. The Bertz CT molecular complexity index is 922. The summed E-state index contributed by atoms with van der Waals surface area (Å²) in [6.45, 7) is 0.390. The lowest BCUT2D eigenvalue weighted by molar-refractivity contribution is 0.0949. The zero-order valence-corrected chi connectivity index (χ0v) is 15.0. The molecule has 1 aliphatic heterocycles. The molecule has 0 aliphatic carbocycles. The fourth-order valence-electron chi connectivity index (χ4n) is 3.05. The molecule has 3 aromatic rings. The van der Waals surface area contributed by atoms with Crippen molar-refractivity contribution in [3.05, 3.63) is 95.6 Å². The van der Waals surface area contributed by atoms with Crippen molar-refractivity contribution >= 4 is 5.78 Å². The van der Waals surface area contributed by atoms with Gasteiger partial charge in [-0.05, 0) is 29.3 Å². The Balaban J connectivity index is 1.54. The van der Waals surface area contributed by atoms with Crippen molar-refractivity contribution < 1.29 is 19.0 Å². The molecule has 3 aromatic carbocycles. The second kappa shape index (κ2) is 7.64. The maximum Gasteiger partial charge on any atom is 0.198 e. The lowest BCUT2D eigenvalue weighted by atomic mass is 10.0. The van der Waals surface area contributed by atoms with Crippen molar-refractivity contribution in [2.24, 2.45) is 0 Å². The van der Waals surface area contributed by atoms with E-state index in [-0.39, 0.29) is 11.9 Å². The van der Waals surface area contributed by atoms with Gasteiger partial charge in [-0.25, -0.2) is 0 Å². The van der Waals surface area contributed by atoms with Crippen molar-refractivity contribution in [1.82, 2.24) is 0 Å². The van der Waals surface area contributed by atoms with Crippen molar-refractivity contribution in [2.45, 2.75) is 18.8 Å². The van der Waals surface area contributed by atoms with E-state index in [0.717, 1.165) is 11.1 Å². The zero-order chi connectivity index (χ0) is 18.6. The highest BCUT2D eigenvalue weighted by Gasteiger charge is 2.46. The molecule has 0 spiro atoms. The van der Waals surface area contributed by atoms with Gasteiger partial charge in [-0.3, -0.25) is 4.79 Å². The molecule has 1 fully saturated rings. The van der Waals surface area contributed by atoms with E-state index in [1.807, 2.05) is 60.7 Å². The van der Waals surface area contributed by atoms with Crippen LogP contribution in [0.2, 0.25) is 0 Å². The number of ether oxygens (including phenoxy) is 3. The van der Waals surface area contributed by atoms with Crippen LogP contribution in [0.1, 0.15) is 27.6 Å². The van der Waals surface area contributed by atoms with Crippen LogP contribution >= 0.6 is 0 Å². The molecule has 1 aliphatic rings. The highest BCUT2D eigenvalue weighted by molar-refractivity contribution is 6.04. The maximum atomic E-state index is 13.0. The van der Waals surface area contributed by atoms with Crippen LogP contribution in [0.4, 0.5) is 0 Å². The summed E-state index contributed by atoms with van der Waals surface area (Å²) in [6, 6.07) is 24.9. The Morgan fingerprint density at radius 1 is 0.963 bits per heavy atom. The summed E-state index contributed by atoms with van der Waals surface area (Å²) in [5.41, 5.74) is 2.52. The standard InChI is InChI=1S/C23H20O4/c1-25-18-12-13-20(26-15-16-8-4-2-5-9-16)19(14-18)21(24)23-22(27-23)17-10-6-3-7-11-17/h2-14,22-23H,15H2,1H3/t22-,23+/m0/s1. The van der Waals surface area contributed by atoms with Gasteiger partial charge in [0.05, 0.1) is 12.7 Å². The average Bonchev–Trinajstić information content (AvgIpc) is 3.54. The third-order valence-corrected chi connectivity index (χ3v) is 4.57. The summed E-state index contributed by atoms with van der Waals surface area (Å²) in [4.78, 5) is 13.0. The van der Waals surface area contributed by atoms with E-state index >= 15 is 0 Å². The fourth-order valence-corrected chi connectivity index (χ4v) is 3.05. The van der Waals surface area contributed by atoms with Crippen molar-refractivity contribution in [3.63, 3.8) is 0 Å². The molecule has 2 atom stereocenters. The highest BCUT2D eigenvalue weighted by atomic mass is 16.6. The number of methoxy groups -OCH3 is 1. The maximum absolute atomic E-state index is 13.0. The van der Waals surface area contributed by atoms with Gasteiger partial charge in [-0.15, -0.1) is 0 Å². The van der Waals surface area contributed by atoms with Gasteiger partial charge in [0.1, 0.15) is 24.2 Å². The first-order valence-electron chi connectivity index (χ1n) is 8.85. The van der Waals surface area contributed by atoms with E-state index < -0.39 is 6.10 Å². The molecular weight excluding hydrogens is 340 g/mol. The summed E-state index contributed by atoms with van der Waals surface area (Å²) in [6.07, 6.45) is -0.689. The molecule has 1 heterocycles. The number of hydrogen-bond donors (Lipinski definition) is 0. The number of epoxide rings is 1. The van der Waals surface area contributed by atoms with Gasteiger partial charge < -0.3 is 14.2 Å². The predicted octanol–water partition coefficient (Wildman–Crippen LogP) is 4.60. The van der Waals surface area contributed by atoms with Crippen LogP contribution in [0.15, 0.2) is 78.9 Å². The molecule has 4 heteroatoms. The van der Waals surface area contributed by atoms with E-state index in [1.54, 1.807) is 25.3 Å². The smallest absolute Gasteiger partial charge is 0.198 e. The van der Waals surface area contributed by atoms with Crippen LogP contribution < -0.4 is 9.47 Å². The Morgan fingerprint density at radius 3 is 2.37 bits per heavy atom. The highest BCUT2D eigenvalue weighted by Crippen LogP contribution is 2.42. The third kappa shape index (κ3) is 3.86. The van der Waals surface area contributed by atoms with Gasteiger partial charge in [-0.2, -0.15) is 0 Å². The topological polar surface area (TPSA) is 48.1 Å². The predicted molar refractivity (Wildman–Crippen MR) is 102 cm³/mol. The van der Waals surface area contributed by atoms with Crippen LogP contribution in [-0.2, 0) is 11.3 Å². The van der Waals surface area contributed by atoms with Crippen molar-refractivity contribution in [3.8, 4) is 11.5 Å². The summed E-state index contributed by atoms with van der Waals surface area (Å²) >= 11 is 0. The molecule has 1 saturated heterocycles. The van der Waals surface area contributed by atoms with Gasteiger partial charge in [0.25, 0.3) is 0 Å². The van der Waals surface area contributed by atoms with Crippen LogP contribution in [0.25, 0.3) is 0 Å². The Morgan fingerprint density at radius 2 is 1.67 bits per heavy atom. The summed E-state index contributed by atoms with van der Waals surface area (Å²) < 4.78 is 16.9. The molecule has 0 radical (unpaired) electrons. The molecule has 0 N–H and O–H groups in total. The molecule has 0 amide bonds. The molecule has 0 unspecified atom stereocenters. The molecule has 27 heavy (non-hydrogen) atoms. The normalized spacial score (nSPS) is 18.0. The number of carbonyl (C=O) groups is 1. The first-order chi connectivity index (χ1) is 13.3. The zero-order valence-electron chi connectivity index (χ0n) is 15.0. The van der Waals surface area contributed by atoms with Gasteiger partial charge in [-0.1, -0.05) is 60.7 Å². The lowest BCUT2D eigenvalue weighted by Crippen LogP contribution is -2.11. The Labute approximate surface area is 158 Å². The summed E-state index contributed by atoms with van der Waals surface area (Å²) in [5, 5.41) is 0. The number of hydrogen-bond acceptors (Lipinski definition) is 4. The van der Waals surface area contributed by atoms with Crippen LogP contribution in [0, 0.1) is 0 Å². The molecule has 0 aromatic heterocycles. The van der Waals surface area contributed by atoms with Gasteiger partial charge in [0.15, 0.2) is 11.9 Å². The Hall–Kier alpha value is -3.11. The SMILES string of the molecule is COc1ccc(OCc2ccccc2)c(C(=O)[C@H]2O[C@H]2c2ccccc2)c1. The van der Waals surface area contributed by atoms with E-state index in [2.05, 4.69) is 0 Å². The van der Waals surface area contributed by atoms with Crippen LogP contribution in [-0.4, -0.2) is 19.0 Å². The molecule has 0 saturated carbocycles. The fraction of sp³-hybridized carbons (Fsp3) is 0.174. The second-order valence-electron chi connectivity index (χ2n) is 6.39. The van der Waals surface area contributed by atoms with Crippen LogP contribution in [0.5, 0.6) is 11.5 Å². The molecule has 4 rings (SSSR count). The Kier molecular flexibility index (Phi) is 4.90. The van der Waals surface area contributed by atoms with E-state index in [1.165, 1.54) is 0 Å². The quantitative estimate of drug-likeness (QED) is 0.456. The number of rotatable bonds is 7.